The van der Waals surface area contributed by atoms with Gasteiger partial charge in [0.2, 0.25) is 0 Å². The zero-order valence-corrected chi connectivity index (χ0v) is 20.8. The third-order valence-corrected chi connectivity index (χ3v) is 5.11. The Kier molecular flexibility index (Phi) is 8.92. The average Bonchev–Trinajstić information content (AvgIpc) is 3.25. The molecule has 1 aliphatic heterocycles. The molecule has 0 aliphatic carbocycles. The van der Waals surface area contributed by atoms with Gasteiger partial charge in [0.05, 0.1) is 25.9 Å². The van der Waals surface area contributed by atoms with E-state index in [-0.39, 0.29) is 30.1 Å². The van der Waals surface area contributed by atoms with E-state index in [0.717, 1.165) is 48.2 Å². The number of aromatic nitrogens is 2. The van der Waals surface area contributed by atoms with Crippen molar-refractivity contribution in [3.8, 4) is 11.5 Å². The largest absolute Gasteiger partial charge is 0.457 e. The van der Waals surface area contributed by atoms with Gasteiger partial charge in [0, 0.05) is 31.9 Å². The molecule has 0 radical (unpaired) electrons. The molecule has 0 bridgehead atoms. The van der Waals surface area contributed by atoms with Gasteiger partial charge in [-0.2, -0.15) is 5.10 Å². The summed E-state index contributed by atoms with van der Waals surface area (Å²) in [6.45, 7) is 5.73. The Labute approximate surface area is 206 Å². The number of nitrogens with zero attached hydrogens (tertiary/aromatic N) is 4. The van der Waals surface area contributed by atoms with Crippen molar-refractivity contribution in [2.24, 2.45) is 12.0 Å². The first-order valence-electron chi connectivity index (χ1n) is 10.7. The van der Waals surface area contributed by atoms with E-state index in [1.807, 2.05) is 66.6 Å². The fourth-order valence-electron chi connectivity index (χ4n) is 3.53. The molecule has 1 saturated heterocycles. The summed E-state index contributed by atoms with van der Waals surface area (Å²) in [5.74, 6) is 2.56. The monoisotopic (exact) mass is 547 g/mol. The van der Waals surface area contributed by atoms with Crippen LogP contribution in [-0.4, -0.2) is 46.9 Å². The van der Waals surface area contributed by atoms with Crippen molar-refractivity contribution in [3.63, 3.8) is 0 Å². The quantitative estimate of drug-likeness (QED) is 0.282. The highest BCUT2D eigenvalue weighted by Gasteiger charge is 2.25. The van der Waals surface area contributed by atoms with Crippen molar-refractivity contribution in [2.75, 3.05) is 26.2 Å². The highest BCUT2D eigenvalue weighted by atomic mass is 127. The van der Waals surface area contributed by atoms with Crippen LogP contribution in [0.2, 0.25) is 0 Å². The fourth-order valence-corrected chi connectivity index (χ4v) is 3.53. The topological polar surface area (TPSA) is 63.9 Å². The maximum Gasteiger partial charge on any atom is 0.194 e. The number of ether oxygens (including phenoxy) is 2. The summed E-state index contributed by atoms with van der Waals surface area (Å²) in [6, 6.07) is 17.9. The molecule has 1 unspecified atom stereocenters. The lowest BCUT2D eigenvalue weighted by atomic mass is 10.1. The number of morpholine rings is 1. The molecule has 1 atom stereocenters. The van der Waals surface area contributed by atoms with E-state index >= 15 is 0 Å². The van der Waals surface area contributed by atoms with Gasteiger partial charge in [-0.3, -0.25) is 4.68 Å². The predicted octanol–water partition coefficient (Wildman–Crippen LogP) is 4.37. The molecule has 0 amide bonds. The van der Waals surface area contributed by atoms with Crippen LogP contribution >= 0.6 is 24.0 Å². The Morgan fingerprint density at radius 2 is 1.91 bits per heavy atom. The number of aryl methyl sites for hydroxylation is 1. The van der Waals surface area contributed by atoms with Crippen LogP contribution in [0, 0.1) is 0 Å². The standard InChI is InChI=1S/C24H29N5O2.HI/c1-3-25-24(29-13-14-30-23(18-29)20-16-27-28(2)17-20)26-15-19-9-11-22(12-10-19)31-21-7-5-4-6-8-21;/h4-12,16-17,23H,3,13-15,18H2,1-2H3,(H,25,26);1H. The molecule has 3 aromatic rings. The van der Waals surface area contributed by atoms with Crippen molar-refractivity contribution in [3.05, 3.63) is 78.1 Å². The molecule has 32 heavy (non-hydrogen) atoms. The molecular weight excluding hydrogens is 517 g/mol. The van der Waals surface area contributed by atoms with Gasteiger partial charge in [-0.25, -0.2) is 4.99 Å². The zero-order valence-electron chi connectivity index (χ0n) is 18.5. The summed E-state index contributed by atoms with van der Waals surface area (Å²) < 4.78 is 13.6. The molecule has 1 aliphatic rings. The minimum absolute atomic E-state index is 0. The third kappa shape index (κ3) is 6.46. The first-order valence-corrected chi connectivity index (χ1v) is 10.7. The summed E-state index contributed by atoms with van der Waals surface area (Å²) >= 11 is 0. The molecular formula is C24H30IN5O2. The van der Waals surface area contributed by atoms with Crippen LogP contribution in [-0.2, 0) is 18.3 Å². The summed E-state index contributed by atoms with van der Waals surface area (Å²) in [5.41, 5.74) is 2.23. The molecule has 0 saturated carbocycles. The number of hydrogen-bond donors (Lipinski definition) is 1. The first-order chi connectivity index (χ1) is 15.2. The van der Waals surface area contributed by atoms with E-state index in [0.29, 0.717) is 13.2 Å². The Morgan fingerprint density at radius 3 is 2.59 bits per heavy atom. The Balaban J connectivity index is 0.00000289. The van der Waals surface area contributed by atoms with Gasteiger partial charge in [0.25, 0.3) is 0 Å². The molecule has 8 heteroatoms. The summed E-state index contributed by atoms with van der Waals surface area (Å²) in [5, 5.41) is 7.69. The predicted molar refractivity (Wildman–Crippen MR) is 137 cm³/mol. The molecule has 1 aromatic heterocycles. The van der Waals surface area contributed by atoms with E-state index in [4.69, 9.17) is 14.5 Å². The number of benzene rings is 2. The summed E-state index contributed by atoms with van der Waals surface area (Å²) in [4.78, 5) is 7.13. The van der Waals surface area contributed by atoms with Crippen molar-refractivity contribution in [1.29, 1.82) is 0 Å². The van der Waals surface area contributed by atoms with Gasteiger partial charge in [-0.05, 0) is 36.8 Å². The number of nitrogens with one attached hydrogen (secondary N) is 1. The van der Waals surface area contributed by atoms with Crippen LogP contribution in [0.5, 0.6) is 11.5 Å². The smallest absolute Gasteiger partial charge is 0.194 e. The summed E-state index contributed by atoms with van der Waals surface area (Å²) in [7, 11) is 1.92. The second-order valence-electron chi connectivity index (χ2n) is 7.48. The lowest BCUT2D eigenvalue weighted by Crippen LogP contribution is -2.48. The lowest BCUT2D eigenvalue weighted by Gasteiger charge is -2.34. The van der Waals surface area contributed by atoms with Crippen LogP contribution in [0.3, 0.4) is 0 Å². The minimum Gasteiger partial charge on any atom is -0.457 e. The maximum absolute atomic E-state index is 5.97. The van der Waals surface area contributed by atoms with E-state index in [1.165, 1.54) is 0 Å². The number of guanidine groups is 1. The van der Waals surface area contributed by atoms with E-state index in [9.17, 15) is 0 Å². The van der Waals surface area contributed by atoms with Gasteiger partial charge in [-0.1, -0.05) is 30.3 Å². The van der Waals surface area contributed by atoms with E-state index in [2.05, 4.69) is 34.4 Å². The van der Waals surface area contributed by atoms with Gasteiger partial charge in [-0.15, -0.1) is 24.0 Å². The number of halogens is 1. The zero-order chi connectivity index (χ0) is 21.5. The maximum atomic E-state index is 5.97. The molecule has 1 N–H and O–H groups in total. The number of hydrogen-bond acceptors (Lipinski definition) is 4. The lowest BCUT2D eigenvalue weighted by molar-refractivity contribution is -0.00805. The molecule has 170 valence electrons. The Hall–Kier alpha value is -2.59. The number of para-hydroxylation sites is 1. The number of aliphatic imine (C=N–C) groups is 1. The van der Waals surface area contributed by atoms with Crippen LogP contribution in [0.15, 0.2) is 72.0 Å². The summed E-state index contributed by atoms with van der Waals surface area (Å²) in [6.07, 6.45) is 3.88. The van der Waals surface area contributed by atoms with Crippen LogP contribution in [0.4, 0.5) is 0 Å². The molecule has 7 nitrogen and oxygen atoms in total. The fraction of sp³-hybridized carbons (Fsp3) is 0.333. The highest BCUT2D eigenvalue weighted by Crippen LogP contribution is 2.23. The van der Waals surface area contributed by atoms with Crippen molar-refractivity contribution in [1.82, 2.24) is 20.0 Å². The van der Waals surface area contributed by atoms with Gasteiger partial charge >= 0.3 is 0 Å². The van der Waals surface area contributed by atoms with Crippen molar-refractivity contribution < 1.29 is 9.47 Å². The van der Waals surface area contributed by atoms with Crippen LogP contribution < -0.4 is 10.1 Å². The molecule has 4 rings (SSSR count). The van der Waals surface area contributed by atoms with E-state index in [1.54, 1.807) is 0 Å². The second kappa shape index (κ2) is 11.9. The van der Waals surface area contributed by atoms with Crippen LogP contribution in [0.1, 0.15) is 24.2 Å². The Bertz CT molecular complexity index is 991. The molecule has 1 fully saturated rings. The van der Waals surface area contributed by atoms with Gasteiger partial charge in [0.1, 0.15) is 17.6 Å². The highest BCUT2D eigenvalue weighted by molar-refractivity contribution is 14.0. The first kappa shape index (κ1) is 24.1. The molecule has 2 heterocycles. The van der Waals surface area contributed by atoms with Crippen molar-refractivity contribution >= 4 is 29.9 Å². The number of rotatable bonds is 6. The average molecular weight is 547 g/mol. The van der Waals surface area contributed by atoms with Gasteiger partial charge in [0.15, 0.2) is 5.96 Å². The van der Waals surface area contributed by atoms with E-state index < -0.39 is 0 Å². The molecule has 0 spiro atoms. The normalized spacial score (nSPS) is 16.4. The minimum atomic E-state index is 0. The second-order valence-corrected chi connectivity index (χ2v) is 7.48. The Morgan fingerprint density at radius 1 is 1.16 bits per heavy atom. The van der Waals surface area contributed by atoms with Gasteiger partial charge < -0.3 is 19.7 Å². The molecule has 2 aromatic carbocycles. The van der Waals surface area contributed by atoms with Crippen LogP contribution in [0.25, 0.3) is 0 Å². The van der Waals surface area contributed by atoms with Crippen molar-refractivity contribution in [2.45, 2.75) is 19.6 Å². The third-order valence-electron chi connectivity index (χ3n) is 5.11. The SMILES string of the molecule is CCNC(=NCc1ccc(Oc2ccccc2)cc1)N1CCOC(c2cnn(C)c2)C1.I.